The molecular weight excluding hydrogens is 262 g/mol. The summed E-state index contributed by atoms with van der Waals surface area (Å²) in [6, 6.07) is 6.36. The Morgan fingerprint density at radius 3 is 2.48 bits per heavy atom. The van der Waals surface area contributed by atoms with Gasteiger partial charge in [-0.2, -0.15) is 0 Å². The van der Waals surface area contributed by atoms with Gasteiger partial charge in [-0.1, -0.05) is 51.7 Å². The average Bonchev–Trinajstić information content (AvgIpc) is 2.69. The lowest BCUT2D eigenvalue weighted by atomic mass is 10.0. The molecule has 1 N–H and O–H groups in total. The minimum atomic E-state index is -0.314. The van der Waals surface area contributed by atoms with E-state index < -0.39 is 0 Å². The summed E-state index contributed by atoms with van der Waals surface area (Å²) >= 11 is 0. The van der Waals surface area contributed by atoms with Crippen LogP contribution in [0.3, 0.4) is 0 Å². The van der Waals surface area contributed by atoms with Gasteiger partial charge in [-0.05, 0) is 42.9 Å². The van der Waals surface area contributed by atoms with Crippen molar-refractivity contribution < 1.29 is 9.53 Å². The highest BCUT2D eigenvalue weighted by molar-refractivity contribution is 5.71. The number of rotatable bonds is 3. The highest BCUT2D eigenvalue weighted by Gasteiger charge is 2.16. The summed E-state index contributed by atoms with van der Waals surface area (Å²) < 4.78 is 5.53. The van der Waals surface area contributed by atoms with Crippen molar-refractivity contribution in [1.82, 2.24) is 5.32 Å². The van der Waals surface area contributed by atoms with Crippen LogP contribution >= 0.6 is 0 Å². The van der Waals surface area contributed by atoms with Crippen molar-refractivity contribution in [2.75, 3.05) is 0 Å². The quantitative estimate of drug-likeness (QED) is 0.801. The van der Waals surface area contributed by atoms with Gasteiger partial charge in [0.05, 0.1) is 0 Å². The maximum Gasteiger partial charge on any atom is 0.412 e. The van der Waals surface area contributed by atoms with E-state index in [0.717, 1.165) is 18.4 Å². The van der Waals surface area contributed by atoms with Gasteiger partial charge in [0.15, 0.2) is 0 Å². The third-order valence-electron chi connectivity index (χ3n) is 4.26. The molecule has 0 bridgehead atoms. The number of hydrogen-bond donors (Lipinski definition) is 1. The summed E-state index contributed by atoms with van der Waals surface area (Å²) in [4.78, 5) is 12.1. The van der Waals surface area contributed by atoms with Crippen LogP contribution < -0.4 is 10.1 Å². The predicted molar refractivity (Wildman–Crippen MR) is 85.9 cm³/mol. The molecule has 1 fully saturated rings. The van der Waals surface area contributed by atoms with Gasteiger partial charge in [-0.15, -0.1) is 0 Å². The second kappa shape index (κ2) is 7.48. The molecule has 1 saturated carbocycles. The number of aryl methyl sites for hydroxylation is 1. The number of benzene rings is 1. The number of nitrogens with one attached hydrogen (secondary N) is 1. The van der Waals surface area contributed by atoms with Crippen molar-refractivity contribution in [3.63, 3.8) is 0 Å². The lowest BCUT2D eigenvalue weighted by Gasteiger charge is -2.17. The van der Waals surface area contributed by atoms with Crippen LogP contribution in [-0.2, 0) is 0 Å². The van der Waals surface area contributed by atoms with Gasteiger partial charge in [0.1, 0.15) is 5.75 Å². The van der Waals surface area contributed by atoms with E-state index in [-0.39, 0.29) is 12.1 Å². The smallest absolute Gasteiger partial charge is 0.410 e. The van der Waals surface area contributed by atoms with E-state index in [9.17, 15) is 4.79 Å². The number of ether oxygens (including phenoxy) is 1. The zero-order valence-electron chi connectivity index (χ0n) is 13.4. The fraction of sp³-hybridized carbons (Fsp3) is 0.611. The molecule has 0 saturated heterocycles. The number of amides is 1. The van der Waals surface area contributed by atoms with Crippen molar-refractivity contribution in [2.24, 2.45) is 0 Å². The van der Waals surface area contributed by atoms with Gasteiger partial charge in [0.25, 0.3) is 0 Å². The first-order valence-corrected chi connectivity index (χ1v) is 8.15. The number of hydrogen-bond acceptors (Lipinski definition) is 2. The normalized spacial score (nSPS) is 16.6. The van der Waals surface area contributed by atoms with Gasteiger partial charge >= 0.3 is 6.09 Å². The second-order valence-corrected chi connectivity index (χ2v) is 6.40. The van der Waals surface area contributed by atoms with Gasteiger partial charge in [-0.3, -0.25) is 0 Å². The summed E-state index contributed by atoms with van der Waals surface area (Å²) in [5.41, 5.74) is 2.19. The largest absolute Gasteiger partial charge is 0.412 e. The van der Waals surface area contributed by atoms with E-state index in [1.807, 2.05) is 19.1 Å². The third kappa shape index (κ3) is 4.76. The Labute approximate surface area is 128 Å². The molecule has 116 valence electrons. The van der Waals surface area contributed by atoms with E-state index in [1.165, 1.54) is 31.2 Å². The Bertz CT molecular complexity index is 474. The predicted octanol–water partition coefficient (Wildman–Crippen LogP) is 4.93. The number of carbonyl (C=O) groups excluding carboxylic acids is 1. The molecule has 0 atom stereocenters. The van der Waals surface area contributed by atoms with Crippen LogP contribution in [0.5, 0.6) is 5.75 Å². The van der Waals surface area contributed by atoms with Crippen molar-refractivity contribution in [3.05, 3.63) is 29.3 Å². The molecule has 2 rings (SSSR count). The Morgan fingerprint density at radius 1 is 1.19 bits per heavy atom. The molecule has 1 amide bonds. The molecule has 1 aliphatic rings. The Morgan fingerprint density at radius 2 is 1.86 bits per heavy atom. The molecule has 0 spiro atoms. The first kappa shape index (κ1) is 15.9. The highest BCUT2D eigenvalue weighted by atomic mass is 16.6. The van der Waals surface area contributed by atoms with Gasteiger partial charge in [0, 0.05) is 6.04 Å². The first-order valence-electron chi connectivity index (χ1n) is 8.15. The summed E-state index contributed by atoms with van der Waals surface area (Å²) in [6.45, 7) is 6.25. The standard InChI is InChI=1S/C18H27NO2/c1-13(2)15-11-10-14(3)17(12-15)21-18(20)19-16-8-6-4-5-7-9-16/h10-13,16H,4-9H2,1-3H3,(H,19,20). The Kier molecular flexibility index (Phi) is 5.66. The lowest BCUT2D eigenvalue weighted by Crippen LogP contribution is -2.36. The Balaban J connectivity index is 1.96. The maximum absolute atomic E-state index is 12.1. The molecule has 1 aliphatic carbocycles. The molecule has 0 aliphatic heterocycles. The summed E-state index contributed by atoms with van der Waals surface area (Å²) in [7, 11) is 0. The van der Waals surface area contributed by atoms with Crippen molar-refractivity contribution in [2.45, 2.75) is 71.3 Å². The zero-order chi connectivity index (χ0) is 15.2. The van der Waals surface area contributed by atoms with Crippen LogP contribution in [0.1, 0.15) is 69.4 Å². The topological polar surface area (TPSA) is 38.3 Å². The van der Waals surface area contributed by atoms with Crippen molar-refractivity contribution in [3.8, 4) is 5.75 Å². The van der Waals surface area contributed by atoms with Crippen LogP contribution in [0, 0.1) is 6.92 Å². The van der Waals surface area contributed by atoms with Crippen LogP contribution in [0.15, 0.2) is 18.2 Å². The molecule has 0 heterocycles. The fourth-order valence-electron chi connectivity index (χ4n) is 2.81. The summed E-state index contributed by atoms with van der Waals surface area (Å²) in [5.74, 6) is 1.10. The number of carbonyl (C=O) groups is 1. The van der Waals surface area contributed by atoms with Crippen LogP contribution in [0.2, 0.25) is 0 Å². The minimum Gasteiger partial charge on any atom is -0.410 e. The van der Waals surface area contributed by atoms with Gasteiger partial charge in [0.2, 0.25) is 0 Å². The molecule has 1 aromatic rings. The summed E-state index contributed by atoms with van der Waals surface area (Å²) in [6.07, 6.45) is 6.79. The van der Waals surface area contributed by atoms with E-state index in [4.69, 9.17) is 4.74 Å². The Hall–Kier alpha value is -1.51. The van der Waals surface area contributed by atoms with Gasteiger partial charge < -0.3 is 10.1 Å². The molecule has 0 unspecified atom stereocenters. The van der Waals surface area contributed by atoms with E-state index >= 15 is 0 Å². The van der Waals surface area contributed by atoms with Crippen LogP contribution in [-0.4, -0.2) is 12.1 Å². The van der Waals surface area contributed by atoms with Gasteiger partial charge in [-0.25, -0.2) is 4.79 Å². The summed E-state index contributed by atoms with van der Waals surface area (Å²) in [5, 5.41) is 3.02. The van der Waals surface area contributed by atoms with Crippen molar-refractivity contribution >= 4 is 6.09 Å². The van der Waals surface area contributed by atoms with Crippen LogP contribution in [0.4, 0.5) is 4.79 Å². The highest BCUT2D eigenvalue weighted by Crippen LogP contribution is 2.24. The van der Waals surface area contributed by atoms with Crippen LogP contribution in [0.25, 0.3) is 0 Å². The zero-order valence-corrected chi connectivity index (χ0v) is 13.4. The SMILES string of the molecule is Cc1ccc(C(C)C)cc1OC(=O)NC1CCCCCC1. The molecule has 0 radical (unpaired) electrons. The van der Waals surface area contributed by atoms with E-state index in [0.29, 0.717) is 11.7 Å². The average molecular weight is 289 g/mol. The monoisotopic (exact) mass is 289 g/mol. The minimum absolute atomic E-state index is 0.272. The molecular formula is C18H27NO2. The fourth-order valence-corrected chi connectivity index (χ4v) is 2.81. The third-order valence-corrected chi connectivity index (χ3v) is 4.26. The second-order valence-electron chi connectivity index (χ2n) is 6.40. The maximum atomic E-state index is 12.1. The lowest BCUT2D eigenvalue weighted by molar-refractivity contribution is 0.194. The molecule has 1 aromatic carbocycles. The molecule has 0 aromatic heterocycles. The molecule has 21 heavy (non-hydrogen) atoms. The molecule has 3 nitrogen and oxygen atoms in total. The molecule has 3 heteroatoms. The van der Waals surface area contributed by atoms with E-state index in [1.54, 1.807) is 0 Å². The van der Waals surface area contributed by atoms with Crippen molar-refractivity contribution in [1.29, 1.82) is 0 Å². The van der Waals surface area contributed by atoms with E-state index in [2.05, 4.69) is 25.2 Å². The first-order chi connectivity index (χ1) is 10.1.